The van der Waals surface area contributed by atoms with E-state index in [2.05, 4.69) is 63.4 Å². The molecule has 2 fully saturated rings. The average molecular weight is 670 g/mol. The summed E-state index contributed by atoms with van der Waals surface area (Å²) < 4.78 is 7.66. The van der Waals surface area contributed by atoms with Crippen LogP contribution in [0, 0.1) is 5.41 Å². The zero-order valence-electron chi connectivity index (χ0n) is 29.0. The van der Waals surface area contributed by atoms with Gasteiger partial charge < -0.3 is 19.1 Å². The number of rotatable bonds is 8. The lowest BCUT2D eigenvalue weighted by Crippen LogP contribution is -2.43. The molecule has 0 N–H and O–H groups in total. The number of pyridine rings is 1. The lowest BCUT2D eigenvalue weighted by molar-refractivity contribution is -0.132. The summed E-state index contributed by atoms with van der Waals surface area (Å²) in [5.74, 6) is 0.895. The van der Waals surface area contributed by atoms with E-state index in [1.807, 2.05) is 66.1 Å². The van der Waals surface area contributed by atoms with Crippen LogP contribution < -0.4 is 9.64 Å². The number of hydrogen-bond donors (Lipinski definition) is 0. The smallest absolute Gasteiger partial charge is 0.237 e. The van der Waals surface area contributed by atoms with E-state index < -0.39 is 5.41 Å². The van der Waals surface area contributed by atoms with Gasteiger partial charge in [0.2, 0.25) is 17.7 Å². The topological polar surface area (TPSA) is 96.2 Å². The van der Waals surface area contributed by atoms with Gasteiger partial charge in [0.05, 0.1) is 42.3 Å². The second kappa shape index (κ2) is 13.0. The van der Waals surface area contributed by atoms with Gasteiger partial charge in [-0.2, -0.15) is 0 Å². The standard InChI is InChI=1S/C40H43N7O3/c1-27(2)50-36-11-9-32(22-41-36)38-34-20-33(10-8-31(34)21-42-38)47-19-15-40(39(47)49)14-18-45(25-40)24-37(48)46-16-12-29(13-17-46)28-4-6-30(7-5-28)35-23-44(3)26-43-35/h4-12,20,22-23,26-27H,13-19,21,24-25H2,1-3H3/t40-/m0/s1. The number of aromatic nitrogens is 3. The molecule has 0 saturated carbocycles. The first-order valence-corrected chi connectivity index (χ1v) is 17.7. The molecule has 2 amide bonds. The number of anilines is 1. The van der Waals surface area contributed by atoms with Crippen molar-refractivity contribution in [1.82, 2.24) is 24.3 Å². The molecule has 1 atom stereocenters. The largest absolute Gasteiger partial charge is 0.475 e. The molecule has 256 valence electrons. The van der Waals surface area contributed by atoms with Crippen molar-refractivity contribution in [2.75, 3.05) is 44.2 Å². The number of carbonyl (C=O) groups is 2. The summed E-state index contributed by atoms with van der Waals surface area (Å²) in [6.45, 7) is 8.30. The Morgan fingerprint density at radius 2 is 1.76 bits per heavy atom. The number of amides is 2. The van der Waals surface area contributed by atoms with Crippen molar-refractivity contribution < 1.29 is 14.3 Å². The number of carbonyl (C=O) groups excluding carboxylic acids is 2. The van der Waals surface area contributed by atoms with Gasteiger partial charge in [-0.25, -0.2) is 9.97 Å². The molecule has 6 heterocycles. The van der Waals surface area contributed by atoms with Crippen molar-refractivity contribution >= 4 is 28.8 Å². The van der Waals surface area contributed by atoms with Crippen molar-refractivity contribution in [3.05, 3.63) is 102 Å². The summed E-state index contributed by atoms with van der Waals surface area (Å²) >= 11 is 0. The molecule has 0 aliphatic carbocycles. The highest BCUT2D eigenvalue weighted by atomic mass is 16.5. The van der Waals surface area contributed by atoms with E-state index in [-0.39, 0.29) is 17.9 Å². The molecule has 4 aliphatic heterocycles. The Morgan fingerprint density at radius 1 is 0.960 bits per heavy atom. The summed E-state index contributed by atoms with van der Waals surface area (Å²) in [4.78, 5) is 47.3. The molecular formula is C40H43N7O3. The predicted molar refractivity (Wildman–Crippen MR) is 194 cm³/mol. The lowest BCUT2D eigenvalue weighted by atomic mass is 9.85. The Bertz CT molecular complexity index is 2000. The molecule has 0 unspecified atom stereocenters. The highest BCUT2D eigenvalue weighted by Gasteiger charge is 2.51. The molecule has 2 aromatic carbocycles. The SMILES string of the molecule is CC(C)Oc1ccc(C2=NCc3ccc(N4CC[C@]5(CCN(CC(=O)N6CC=C(c7ccc(-c8cn(C)cn8)cc7)CC6)C5)C4=O)cc32)cn1. The maximum atomic E-state index is 14.1. The van der Waals surface area contributed by atoms with Crippen LogP contribution in [0.15, 0.2) is 84.4 Å². The van der Waals surface area contributed by atoms with Crippen LogP contribution in [0.25, 0.3) is 16.8 Å². The van der Waals surface area contributed by atoms with Crippen LogP contribution in [-0.2, 0) is 23.2 Å². The minimum absolute atomic E-state index is 0.0591. The number of ether oxygens (including phenoxy) is 1. The minimum atomic E-state index is -0.442. The Kier molecular flexibility index (Phi) is 8.34. The quantitative estimate of drug-likeness (QED) is 0.251. The van der Waals surface area contributed by atoms with Crippen molar-refractivity contribution in [2.45, 2.75) is 45.8 Å². The molecule has 8 rings (SSSR count). The van der Waals surface area contributed by atoms with Crippen molar-refractivity contribution in [3.63, 3.8) is 0 Å². The number of benzene rings is 2. The van der Waals surface area contributed by atoms with Gasteiger partial charge in [-0.3, -0.25) is 19.5 Å². The molecule has 4 aliphatic rings. The molecular weight excluding hydrogens is 626 g/mol. The number of aliphatic imine (C=N–C) groups is 1. The Labute approximate surface area is 293 Å². The van der Waals surface area contributed by atoms with Crippen LogP contribution in [-0.4, -0.2) is 87.2 Å². The Balaban J connectivity index is 0.876. The van der Waals surface area contributed by atoms with Gasteiger partial charge in [0.15, 0.2) is 0 Å². The maximum absolute atomic E-state index is 14.1. The molecule has 10 nitrogen and oxygen atoms in total. The number of likely N-dealkylation sites (tertiary alicyclic amines) is 1. The van der Waals surface area contributed by atoms with E-state index in [1.165, 1.54) is 11.1 Å². The third-order valence-corrected chi connectivity index (χ3v) is 10.6. The normalized spacial score (nSPS) is 20.5. The van der Waals surface area contributed by atoms with E-state index in [4.69, 9.17) is 9.73 Å². The van der Waals surface area contributed by atoms with Crippen molar-refractivity contribution in [2.24, 2.45) is 17.5 Å². The second-order valence-corrected chi connectivity index (χ2v) is 14.3. The number of fused-ring (bicyclic) bond motifs is 1. The van der Waals surface area contributed by atoms with E-state index >= 15 is 0 Å². The van der Waals surface area contributed by atoms with Crippen LogP contribution in [0.2, 0.25) is 0 Å². The first kappa shape index (κ1) is 32.1. The van der Waals surface area contributed by atoms with E-state index in [9.17, 15) is 9.59 Å². The summed E-state index contributed by atoms with van der Waals surface area (Å²) in [5, 5.41) is 0. The molecule has 0 radical (unpaired) electrons. The number of imidazole rings is 1. The van der Waals surface area contributed by atoms with Gasteiger partial charge in [0.25, 0.3) is 0 Å². The number of nitrogens with zero attached hydrogens (tertiary/aromatic N) is 7. The molecule has 10 heteroatoms. The summed E-state index contributed by atoms with van der Waals surface area (Å²) in [6.07, 6.45) is 10.3. The highest BCUT2D eigenvalue weighted by molar-refractivity contribution is 6.16. The number of aryl methyl sites for hydroxylation is 1. The Hall–Kier alpha value is -5.09. The third-order valence-electron chi connectivity index (χ3n) is 10.6. The van der Waals surface area contributed by atoms with Gasteiger partial charge in [-0.1, -0.05) is 36.4 Å². The fourth-order valence-electron chi connectivity index (χ4n) is 7.82. The van der Waals surface area contributed by atoms with Gasteiger partial charge >= 0.3 is 0 Å². The van der Waals surface area contributed by atoms with Crippen LogP contribution in [0.1, 0.15) is 55.4 Å². The molecule has 50 heavy (non-hydrogen) atoms. The van der Waals surface area contributed by atoms with Gasteiger partial charge in [0, 0.05) is 74.1 Å². The minimum Gasteiger partial charge on any atom is -0.475 e. The summed E-state index contributed by atoms with van der Waals surface area (Å²) in [7, 11) is 1.97. The van der Waals surface area contributed by atoms with Gasteiger partial charge in [-0.15, -0.1) is 0 Å². The fourth-order valence-corrected chi connectivity index (χ4v) is 7.82. The maximum Gasteiger partial charge on any atom is 0.237 e. The first-order chi connectivity index (χ1) is 24.2. The van der Waals surface area contributed by atoms with Gasteiger partial charge in [-0.05, 0) is 74.6 Å². The van der Waals surface area contributed by atoms with E-state index in [0.29, 0.717) is 45.1 Å². The number of hydrogen-bond acceptors (Lipinski definition) is 7. The van der Waals surface area contributed by atoms with Gasteiger partial charge in [0.1, 0.15) is 0 Å². The summed E-state index contributed by atoms with van der Waals surface area (Å²) in [6, 6.07) is 18.7. The van der Waals surface area contributed by atoms with E-state index in [0.717, 1.165) is 65.2 Å². The molecule has 0 bridgehead atoms. The Morgan fingerprint density at radius 3 is 2.48 bits per heavy atom. The zero-order valence-corrected chi connectivity index (χ0v) is 29.0. The monoisotopic (exact) mass is 669 g/mol. The predicted octanol–water partition coefficient (Wildman–Crippen LogP) is 5.37. The van der Waals surface area contributed by atoms with Crippen LogP contribution in [0.4, 0.5) is 5.69 Å². The van der Waals surface area contributed by atoms with Crippen LogP contribution >= 0.6 is 0 Å². The molecule has 2 saturated heterocycles. The lowest BCUT2D eigenvalue weighted by Gasteiger charge is -2.29. The molecule has 1 spiro atoms. The zero-order chi connectivity index (χ0) is 34.4. The van der Waals surface area contributed by atoms with Crippen LogP contribution in [0.3, 0.4) is 0 Å². The second-order valence-electron chi connectivity index (χ2n) is 14.3. The summed E-state index contributed by atoms with van der Waals surface area (Å²) in [5.41, 5.74) is 9.02. The fraction of sp³-hybridized carbons (Fsp3) is 0.375. The third kappa shape index (κ3) is 6.13. The van der Waals surface area contributed by atoms with Crippen molar-refractivity contribution in [3.8, 4) is 17.1 Å². The van der Waals surface area contributed by atoms with Crippen molar-refractivity contribution in [1.29, 1.82) is 0 Å². The average Bonchev–Trinajstić information content (AvgIpc) is 3.92. The first-order valence-electron chi connectivity index (χ1n) is 17.7. The molecule has 2 aromatic heterocycles. The highest BCUT2D eigenvalue weighted by Crippen LogP contribution is 2.43. The van der Waals surface area contributed by atoms with E-state index in [1.54, 1.807) is 0 Å². The molecule has 4 aromatic rings. The van der Waals surface area contributed by atoms with Crippen LogP contribution in [0.5, 0.6) is 5.88 Å².